The highest BCUT2D eigenvalue weighted by molar-refractivity contribution is 5.19. The Morgan fingerprint density at radius 1 is 1.47 bits per heavy atom. The van der Waals surface area contributed by atoms with Gasteiger partial charge in [0, 0.05) is 6.20 Å². The van der Waals surface area contributed by atoms with Crippen molar-refractivity contribution in [2.24, 2.45) is 0 Å². The van der Waals surface area contributed by atoms with Gasteiger partial charge in [-0.05, 0) is 25.0 Å². The molecular formula is C12H14F3NO. The number of aliphatic hydroxyl groups is 1. The SMILES string of the molecule is C=C(CC)CC(O)c1ccc(C(F)(F)F)cn1. The van der Waals surface area contributed by atoms with Crippen LogP contribution in [0, 0.1) is 0 Å². The highest BCUT2D eigenvalue weighted by atomic mass is 19.4. The van der Waals surface area contributed by atoms with Crippen molar-refractivity contribution in [2.75, 3.05) is 0 Å². The second-order valence-corrected chi connectivity index (χ2v) is 3.79. The summed E-state index contributed by atoms with van der Waals surface area (Å²) in [5.41, 5.74) is 0.245. The van der Waals surface area contributed by atoms with Gasteiger partial charge in [0.25, 0.3) is 0 Å². The van der Waals surface area contributed by atoms with Crippen LogP contribution in [0.2, 0.25) is 0 Å². The molecular weight excluding hydrogens is 231 g/mol. The monoisotopic (exact) mass is 245 g/mol. The van der Waals surface area contributed by atoms with Crippen LogP contribution in [0.15, 0.2) is 30.5 Å². The molecule has 17 heavy (non-hydrogen) atoms. The predicted molar refractivity (Wildman–Crippen MR) is 58.2 cm³/mol. The van der Waals surface area contributed by atoms with Crippen LogP contribution in [-0.2, 0) is 6.18 Å². The van der Waals surface area contributed by atoms with Crippen LogP contribution in [0.5, 0.6) is 0 Å². The minimum absolute atomic E-state index is 0.229. The average Bonchev–Trinajstić information content (AvgIpc) is 2.27. The zero-order valence-electron chi connectivity index (χ0n) is 9.46. The first-order valence-corrected chi connectivity index (χ1v) is 5.22. The smallest absolute Gasteiger partial charge is 0.386 e. The molecule has 1 N–H and O–H groups in total. The lowest BCUT2D eigenvalue weighted by molar-refractivity contribution is -0.137. The van der Waals surface area contributed by atoms with Crippen molar-refractivity contribution in [1.29, 1.82) is 0 Å². The molecule has 0 radical (unpaired) electrons. The van der Waals surface area contributed by atoms with E-state index in [2.05, 4.69) is 11.6 Å². The Morgan fingerprint density at radius 3 is 2.53 bits per heavy atom. The van der Waals surface area contributed by atoms with E-state index in [0.717, 1.165) is 24.3 Å². The normalized spacial score (nSPS) is 13.5. The summed E-state index contributed by atoms with van der Waals surface area (Å²) in [7, 11) is 0. The fourth-order valence-corrected chi connectivity index (χ4v) is 1.29. The summed E-state index contributed by atoms with van der Waals surface area (Å²) >= 11 is 0. The molecule has 1 unspecified atom stereocenters. The summed E-state index contributed by atoms with van der Waals surface area (Å²) in [6, 6.07) is 2.11. The maximum Gasteiger partial charge on any atom is 0.417 e. The number of aromatic nitrogens is 1. The number of hydrogen-bond acceptors (Lipinski definition) is 2. The number of alkyl halides is 3. The molecule has 2 nitrogen and oxygen atoms in total. The minimum atomic E-state index is -4.40. The number of pyridine rings is 1. The lowest BCUT2D eigenvalue weighted by Gasteiger charge is -2.12. The molecule has 0 amide bonds. The Hall–Kier alpha value is -1.36. The summed E-state index contributed by atoms with van der Waals surface area (Å²) < 4.78 is 36.8. The van der Waals surface area contributed by atoms with Crippen LogP contribution in [0.3, 0.4) is 0 Å². The Balaban J connectivity index is 2.77. The second kappa shape index (κ2) is 5.31. The van der Waals surface area contributed by atoms with Gasteiger partial charge in [0.15, 0.2) is 0 Å². The maximum absolute atomic E-state index is 12.3. The molecule has 0 bridgehead atoms. The summed E-state index contributed by atoms with van der Waals surface area (Å²) in [4.78, 5) is 3.62. The summed E-state index contributed by atoms with van der Waals surface area (Å²) in [6.07, 6.45) is -3.53. The lowest BCUT2D eigenvalue weighted by Crippen LogP contribution is -2.07. The molecule has 0 fully saturated rings. The van der Waals surface area contributed by atoms with Gasteiger partial charge in [-0.15, -0.1) is 0 Å². The number of aliphatic hydroxyl groups excluding tert-OH is 1. The first-order chi connectivity index (χ1) is 7.84. The van der Waals surface area contributed by atoms with E-state index < -0.39 is 17.8 Å². The van der Waals surface area contributed by atoms with Gasteiger partial charge in [-0.3, -0.25) is 4.98 Å². The van der Waals surface area contributed by atoms with Crippen molar-refractivity contribution in [3.63, 3.8) is 0 Å². The molecule has 0 saturated heterocycles. The molecule has 5 heteroatoms. The molecule has 1 atom stereocenters. The number of nitrogens with zero attached hydrogens (tertiary/aromatic N) is 1. The summed E-state index contributed by atoms with van der Waals surface area (Å²) in [6.45, 7) is 5.63. The molecule has 0 aliphatic heterocycles. The zero-order valence-corrected chi connectivity index (χ0v) is 9.46. The highest BCUT2D eigenvalue weighted by Crippen LogP contribution is 2.29. The van der Waals surface area contributed by atoms with Crippen LogP contribution >= 0.6 is 0 Å². The Kier molecular flexibility index (Phi) is 4.28. The standard InChI is InChI=1S/C12H14F3NO/c1-3-8(2)6-11(17)10-5-4-9(7-16-10)12(13,14)15/h4-5,7,11,17H,2-3,6H2,1H3. The molecule has 1 heterocycles. The largest absolute Gasteiger partial charge is 0.417 e. The van der Waals surface area contributed by atoms with Gasteiger partial charge in [0.1, 0.15) is 0 Å². The van der Waals surface area contributed by atoms with Gasteiger partial charge < -0.3 is 5.11 Å². The predicted octanol–water partition coefficient (Wildman–Crippen LogP) is 3.49. The number of hydrogen-bond donors (Lipinski definition) is 1. The van der Waals surface area contributed by atoms with E-state index in [0.29, 0.717) is 6.42 Å². The molecule has 1 aromatic heterocycles. The van der Waals surface area contributed by atoms with Gasteiger partial charge in [0.05, 0.1) is 17.4 Å². The van der Waals surface area contributed by atoms with E-state index in [-0.39, 0.29) is 5.69 Å². The van der Waals surface area contributed by atoms with Crippen LogP contribution in [-0.4, -0.2) is 10.1 Å². The van der Waals surface area contributed by atoms with Gasteiger partial charge >= 0.3 is 6.18 Å². The Morgan fingerprint density at radius 2 is 2.12 bits per heavy atom. The molecule has 0 aliphatic carbocycles. The topological polar surface area (TPSA) is 33.1 Å². The lowest BCUT2D eigenvalue weighted by atomic mass is 10.0. The molecule has 0 spiro atoms. The number of rotatable bonds is 4. The van der Waals surface area contributed by atoms with Crippen LogP contribution in [0.25, 0.3) is 0 Å². The van der Waals surface area contributed by atoms with Gasteiger partial charge in [-0.25, -0.2) is 0 Å². The third-order valence-electron chi connectivity index (χ3n) is 2.44. The van der Waals surface area contributed by atoms with Crippen LogP contribution < -0.4 is 0 Å². The molecule has 1 aromatic rings. The van der Waals surface area contributed by atoms with Crippen LogP contribution in [0.1, 0.15) is 37.1 Å². The van der Waals surface area contributed by atoms with E-state index in [9.17, 15) is 18.3 Å². The molecule has 0 aliphatic rings. The fraction of sp³-hybridized carbons (Fsp3) is 0.417. The third-order valence-corrected chi connectivity index (χ3v) is 2.44. The fourth-order valence-electron chi connectivity index (χ4n) is 1.29. The molecule has 1 rings (SSSR count). The quantitative estimate of drug-likeness (QED) is 0.824. The molecule has 0 aromatic carbocycles. The third kappa shape index (κ3) is 3.85. The van der Waals surface area contributed by atoms with E-state index in [1.165, 1.54) is 6.07 Å². The Labute approximate surface area is 97.8 Å². The van der Waals surface area contributed by atoms with Crippen molar-refractivity contribution >= 4 is 0 Å². The van der Waals surface area contributed by atoms with Crippen molar-refractivity contribution < 1.29 is 18.3 Å². The highest BCUT2D eigenvalue weighted by Gasteiger charge is 2.30. The number of halogens is 3. The minimum Gasteiger partial charge on any atom is -0.386 e. The molecule has 0 saturated carbocycles. The Bertz CT molecular complexity index is 384. The van der Waals surface area contributed by atoms with Crippen molar-refractivity contribution in [3.8, 4) is 0 Å². The summed E-state index contributed by atoms with van der Waals surface area (Å²) in [5.74, 6) is 0. The van der Waals surface area contributed by atoms with Crippen molar-refractivity contribution in [3.05, 3.63) is 41.7 Å². The van der Waals surface area contributed by atoms with Crippen LogP contribution in [0.4, 0.5) is 13.2 Å². The first kappa shape index (κ1) is 13.7. The van der Waals surface area contributed by atoms with E-state index >= 15 is 0 Å². The summed E-state index contributed by atoms with van der Waals surface area (Å²) in [5, 5.41) is 9.71. The zero-order chi connectivity index (χ0) is 13.1. The maximum atomic E-state index is 12.3. The van der Waals surface area contributed by atoms with E-state index in [4.69, 9.17) is 0 Å². The van der Waals surface area contributed by atoms with Crippen molar-refractivity contribution in [2.45, 2.75) is 32.0 Å². The van der Waals surface area contributed by atoms with Crippen molar-refractivity contribution in [1.82, 2.24) is 4.98 Å². The van der Waals surface area contributed by atoms with Gasteiger partial charge in [-0.2, -0.15) is 13.2 Å². The van der Waals surface area contributed by atoms with E-state index in [1.807, 2.05) is 6.92 Å². The van der Waals surface area contributed by atoms with Gasteiger partial charge in [-0.1, -0.05) is 19.1 Å². The molecule has 94 valence electrons. The van der Waals surface area contributed by atoms with Gasteiger partial charge in [0.2, 0.25) is 0 Å². The second-order valence-electron chi connectivity index (χ2n) is 3.79. The first-order valence-electron chi connectivity index (χ1n) is 5.22. The van der Waals surface area contributed by atoms with E-state index in [1.54, 1.807) is 0 Å². The average molecular weight is 245 g/mol.